The van der Waals surface area contributed by atoms with Crippen LogP contribution < -0.4 is 5.73 Å². The Morgan fingerprint density at radius 1 is 1.29 bits per heavy atom. The molecule has 0 aliphatic rings. The summed E-state index contributed by atoms with van der Waals surface area (Å²) >= 11 is 0. The van der Waals surface area contributed by atoms with Gasteiger partial charge in [0.15, 0.2) is 5.82 Å². The second-order valence-electron chi connectivity index (χ2n) is 2.92. The molecule has 0 aromatic carbocycles. The number of hydrogen-bond acceptors (Lipinski definition) is 4. The monoisotopic (exact) mass is 189 g/mol. The van der Waals surface area contributed by atoms with E-state index >= 15 is 0 Å². The number of nitrogens with two attached hydrogens (primary N) is 1. The second-order valence-corrected chi connectivity index (χ2v) is 2.92. The first kappa shape index (κ1) is 8.68. The van der Waals surface area contributed by atoms with Crippen LogP contribution in [0.5, 0.6) is 0 Å². The van der Waals surface area contributed by atoms with Crippen LogP contribution in [0, 0.1) is 0 Å². The van der Waals surface area contributed by atoms with Gasteiger partial charge in [-0.3, -0.25) is 4.68 Å². The Labute approximate surface area is 81.6 Å². The average molecular weight is 189 g/mol. The first-order valence-corrected chi connectivity index (χ1v) is 4.40. The molecule has 0 radical (unpaired) electrons. The number of rotatable bonds is 2. The minimum absolute atomic E-state index is 0.566. The van der Waals surface area contributed by atoms with E-state index in [0.29, 0.717) is 11.5 Å². The maximum Gasteiger partial charge on any atom is 0.162 e. The molecule has 0 saturated carbocycles. The van der Waals surface area contributed by atoms with Crippen LogP contribution in [0.4, 0.5) is 5.69 Å². The van der Waals surface area contributed by atoms with Crippen molar-refractivity contribution in [2.75, 3.05) is 5.73 Å². The third-order valence-electron chi connectivity index (χ3n) is 1.89. The summed E-state index contributed by atoms with van der Waals surface area (Å²) in [5.41, 5.74) is 6.97. The molecule has 0 saturated heterocycles. The number of nitrogens with zero attached hydrogens (tertiary/aromatic N) is 4. The third-order valence-corrected chi connectivity index (χ3v) is 1.89. The smallest absolute Gasteiger partial charge is 0.162 e. The zero-order valence-electron chi connectivity index (χ0n) is 7.88. The Bertz CT molecular complexity index is 417. The highest BCUT2D eigenvalue weighted by Gasteiger charge is 2.02. The van der Waals surface area contributed by atoms with Crippen LogP contribution in [-0.2, 0) is 6.54 Å². The highest BCUT2D eigenvalue weighted by molar-refractivity contribution is 5.52. The Hall–Kier alpha value is -1.91. The topological polar surface area (TPSA) is 69.6 Å². The molecular weight excluding hydrogens is 178 g/mol. The highest BCUT2D eigenvalue weighted by atomic mass is 15.3. The molecule has 0 amide bonds. The van der Waals surface area contributed by atoms with Crippen molar-refractivity contribution in [1.29, 1.82) is 0 Å². The highest BCUT2D eigenvalue weighted by Crippen LogP contribution is 2.13. The van der Waals surface area contributed by atoms with Gasteiger partial charge in [-0.25, -0.2) is 9.97 Å². The van der Waals surface area contributed by atoms with E-state index in [1.807, 2.05) is 17.8 Å². The van der Waals surface area contributed by atoms with E-state index < -0.39 is 0 Å². The van der Waals surface area contributed by atoms with Crippen LogP contribution in [0.25, 0.3) is 11.4 Å². The largest absolute Gasteiger partial charge is 0.396 e. The first-order valence-electron chi connectivity index (χ1n) is 4.40. The summed E-state index contributed by atoms with van der Waals surface area (Å²) in [5.74, 6) is 0.652. The molecule has 72 valence electrons. The van der Waals surface area contributed by atoms with E-state index in [9.17, 15) is 0 Å². The van der Waals surface area contributed by atoms with Crippen LogP contribution in [0.3, 0.4) is 0 Å². The molecule has 14 heavy (non-hydrogen) atoms. The van der Waals surface area contributed by atoms with E-state index in [1.54, 1.807) is 18.6 Å². The number of aryl methyl sites for hydroxylation is 1. The molecule has 2 aromatic rings. The zero-order valence-corrected chi connectivity index (χ0v) is 7.88. The number of nitrogen functional groups attached to an aromatic ring is 1. The molecule has 0 unspecified atom stereocenters. The minimum atomic E-state index is 0.566. The van der Waals surface area contributed by atoms with E-state index in [2.05, 4.69) is 15.1 Å². The lowest BCUT2D eigenvalue weighted by molar-refractivity contribution is 0.660. The lowest BCUT2D eigenvalue weighted by atomic mass is 10.3. The van der Waals surface area contributed by atoms with Gasteiger partial charge in [-0.2, -0.15) is 5.10 Å². The number of anilines is 1. The molecule has 2 aromatic heterocycles. The van der Waals surface area contributed by atoms with Crippen molar-refractivity contribution in [1.82, 2.24) is 19.7 Å². The molecule has 2 rings (SSSR count). The molecule has 5 heteroatoms. The molecule has 5 nitrogen and oxygen atoms in total. The minimum Gasteiger partial charge on any atom is -0.396 e. The van der Waals surface area contributed by atoms with Crippen LogP contribution >= 0.6 is 0 Å². The van der Waals surface area contributed by atoms with Crippen molar-refractivity contribution >= 4 is 5.69 Å². The summed E-state index contributed by atoms with van der Waals surface area (Å²) in [6, 6.07) is 0. The van der Waals surface area contributed by atoms with Gasteiger partial charge in [0.25, 0.3) is 0 Å². The molecule has 0 bridgehead atoms. The summed E-state index contributed by atoms with van der Waals surface area (Å²) < 4.78 is 1.83. The van der Waals surface area contributed by atoms with Gasteiger partial charge in [0.05, 0.1) is 29.8 Å². The molecule has 0 spiro atoms. The molecule has 2 N–H and O–H groups in total. The molecule has 0 aliphatic carbocycles. The van der Waals surface area contributed by atoms with Crippen LogP contribution in [0.2, 0.25) is 0 Å². The quantitative estimate of drug-likeness (QED) is 0.763. The van der Waals surface area contributed by atoms with Gasteiger partial charge >= 0.3 is 0 Å². The fourth-order valence-corrected chi connectivity index (χ4v) is 1.14. The standard InChI is InChI=1S/C9H11N5/c1-2-14-6-7(3-13-14)9-11-4-8(10)5-12-9/h3-6H,2,10H2,1H3. The van der Waals surface area contributed by atoms with E-state index in [0.717, 1.165) is 12.1 Å². The van der Waals surface area contributed by atoms with Crippen LogP contribution in [-0.4, -0.2) is 19.7 Å². The van der Waals surface area contributed by atoms with Gasteiger partial charge in [-0.15, -0.1) is 0 Å². The van der Waals surface area contributed by atoms with Crippen molar-refractivity contribution in [2.24, 2.45) is 0 Å². The fourth-order valence-electron chi connectivity index (χ4n) is 1.14. The Balaban J connectivity index is 2.34. The summed E-state index contributed by atoms with van der Waals surface area (Å²) in [7, 11) is 0. The predicted octanol–water partition coefficient (Wildman–Crippen LogP) is 0.942. The van der Waals surface area contributed by atoms with Crippen molar-refractivity contribution in [2.45, 2.75) is 13.5 Å². The van der Waals surface area contributed by atoms with Gasteiger partial charge in [0.2, 0.25) is 0 Å². The van der Waals surface area contributed by atoms with Crippen molar-refractivity contribution in [3.63, 3.8) is 0 Å². The predicted molar refractivity (Wildman–Crippen MR) is 53.3 cm³/mol. The van der Waals surface area contributed by atoms with Crippen LogP contribution in [0.15, 0.2) is 24.8 Å². The summed E-state index contributed by atoms with van der Waals surface area (Å²) in [4.78, 5) is 8.21. The SMILES string of the molecule is CCn1cc(-c2ncc(N)cn2)cn1. The number of hydrogen-bond donors (Lipinski definition) is 1. The molecular formula is C9H11N5. The maximum atomic E-state index is 5.49. The fraction of sp³-hybridized carbons (Fsp3) is 0.222. The van der Waals surface area contributed by atoms with Gasteiger partial charge in [-0.1, -0.05) is 0 Å². The van der Waals surface area contributed by atoms with Gasteiger partial charge in [-0.05, 0) is 6.92 Å². The number of aromatic nitrogens is 4. The normalized spacial score (nSPS) is 10.4. The summed E-state index contributed by atoms with van der Waals surface area (Å²) in [6.45, 7) is 2.87. The van der Waals surface area contributed by atoms with Gasteiger partial charge in [0.1, 0.15) is 0 Å². The Morgan fingerprint density at radius 2 is 2.00 bits per heavy atom. The van der Waals surface area contributed by atoms with Gasteiger partial charge in [0, 0.05) is 12.7 Å². The molecule has 0 fully saturated rings. The van der Waals surface area contributed by atoms with E-state index in [1.165, 1.54) is 0 Å². The first-order chi connectivity index (χ1) is 6.79. The van der Waals surface area contributed by atoms with E-state index in [4.69, 9.17) is 5.73 Å². The molecule has 0 aliphatic heterocycles. The lowest BCUT2D eigenvalue weighted by Crippen LogP contribution is -1.93. The maximum absolute atomic E-state index is 5.49. The molecule has 0 atom stereocenters. The van der Waals surface area contributed by atoms with Crippen LogP contribution in [0.1, 0.15) is 6.92 Å². The summed E-state index contributed by atoms with van der Waals surface area (Å²) in [5, 5.41) is 4.14. The second kappa shape index (κ2) is 3.45. The molecule has 2 heterocycles. The average Bonchev–Trinajstić information content (AvgIpc) is 2.67. The zero-order chi connectivity index (χ0) is 9.97. The van der Waals surface area contributed by atoms with Crippen molar-refractivity contribution in [3.8, 4) is 11.4 Å². The summed E-state index contributed by atoms with van der Waals surface area (Å²) in [6.07, 6.45) is 6.83. The van der Waals surface area contributed by atoms with E-state index in [-0.39, 0.29) is 0 Å². The lowest BCUT2D eigenvalue weighted by Gasteiger charge is -1.95. The van der Waals surface area contributed by atoms with Crippen molar-refractivity contribution in [3.05, 3.63) is 24.8 Å². The Morgan fingerprint density at radius 3 is 2.57 bits per heavy atom. The Kier molecular flexibility index (Phi) is 2.14. The van der Waals surface area contributed by atoms with Gasteiger partial charge < -0.3 is 5.73 Å². The third kappa shape index (κ3) is 1.56. The van der Waals surface area contributed by atoms with Crippen molar-refractivity contribution < 1.29 is 0 Å².